The predicted octanol–water partition coefficient (Wildman–Crippen LogP) is 5.44. The van der Waals surface area contributed by atoms with Gasteiger partial charge < -0.3 is 10.1 Å². The molecule has 1 amide bonds. The highest BCUT2D eigenvalue weighted by atomic mass is 32.2. The molecule has 0 saturated carbocycles. The fourth-order valence-corrected chi connectivity index (χ4v) is 4.45. The zero-order valence-corrected chi connectivity index (χ0v) is 20.2. The molecule has 174 valence electrons. The van der Waals surface area contributed by atoms with Crippen molar-refractivity contribution in [2.75, 3.05) is 12.9 Å². The number of thioether (sulfide) groups is 1. The summed E-state index contributed by atoms with van der Waals surface area (Å²) >= 11 is 1.59. The molecule has 0 radical (unpaired) electrons. The normalized spacial score (nSPS) is 10.8. The Kier molecular flexibility index (Phi) is 7.99. The Balaban J connectivity index is 1.45. The average molecular weight is 473 g/mol. The van der Waals surface area contributed by atoms with Crippen molar-refractivity contribution in [3.05, 3.63) is 90.0 Å². The van der Waals surface area contributed by atoms with Crippen molar-refractivity contribution >= 4 is 17.7 Å². The monoisotopic (exact) mass is 472 g/mol. The van der Waals surface area contributed by atoms with Crippen LogP contribution in [0.25, 0.3) is 17.1 Å². The molecule has 0 unspecified atom stereocenters. The minimum absolute atomic E-state index is 0.0518. The Hall–Kier alpha value is -3.58. The van der Waals surface area contributed by atoms with Crippen molar-refractivity contribution in [2.45, 2.75) is 31.5 Å². The number of rotatable bonds is 10. The number of amides is 1. The minimum Gasteiger partial charge on any atom is -0.495 e. The zero-order chi connectivity index (χ0) is 23.8. The number of hydrogen-bond donors (Lipinski definition) is 1. The fraction of sp³-hybridized carbons (Fsp3) is 0.222. The van der Waals surface area contributed by atoms with Crippen LogP contribution in [-0.4, -0.2) is 33.5 Å². The van der Waals surface area contributed by atoms with Crippen LogP contribution in [0.3, 0.4) is 0 Å². The van der Waals surface area contributed by atoms with Gasteiger partial charge in [0.25, 0.3) is 0 Å². The van der Waals surface area contributed by atoms with E-state index < -0.39 is 0 Å². The second-order valence-electron chi connectivity index (χ2n) is 7.89. The van der Waals surface area contributed by atoms with Crippen LogP contribution >= 0.6 is 11.8 Å². The highest BCUT2D eigenvalue weighted by Gasteiger charge is 2.19. The molecule has 4 aromatic rings. The lowest BCUT2D eigenvalue weighted by atomic mass is 10.1. The first-order valence-corrected chi connectivity index (χ1v) is 12.2. The first-order valence-electron chi connectivity index (χ1n) is 11.2. The van der Waals surface area contributed by atoms with Gasteiger partial charge in [0.05, 0.1) is 12.8 Å². The summed E-state index contributed by atoms with van der Waals surface area (Å²) in [5, 5.41) is 12.7. The van der Waals surface area contributed by atoms with Crippen molar-refractivity contribution in [3.8, 4) is 22.8 Å². The maximum absolute atomic E-state index is 12.2. The number of carbonyl (C=O) groups excluding carboxylic acids is 1. The number of aryl methyl sites for hydroxylation is 1. The smallest absolute Gasteiger partial charge is 0.220 e. The number of hydrogen-bond acceptors (Lipinski definition) is 5. The predicted molar refractivity (Wildman–Crippen MR) is 136 cm³/mol. The molecule has 7 heteroatoms. The van der Waals surface area contributed by atoms with Crippen LogP contribution in [-0.2, 0) is 11.3 Å². The van der Waals surface area contributed by atoms with Gasteiger partial charge in [0.1, 0.15) is 5.75 Å². The van der Waals surface area contributed by atoms with Gasteiger partial charge in [-0.25, -0.2) is 0 Å². The Morgan fingerprint density at radius 1 is 0.971 bits per heavy atom. The summed E-state index contributed by atoms with van der Waals surface area (Å²) in [5.74, 6) is 2.31. The molecule has 0 aliphatic rings. The third-order valence-electron chi connectivity index (χ3n) is 5.38. The topological polar surface area (TPSA) is 69.0 Å². The van der Waals surface area contributed by atoms with Gasteiger partial charge in [-0.2, -0.15) is 0 Å². The second kappa shape index (κ2) is 11.5. The number of benzene rings is 3. The number of para-hydroxylation sites is 2. The molecule has 0 bridgehead atoms. The van der Waals surface area contributed by atoms with Crippen molar-refractivity contribution in [1.29, 1.82) is 0 Å². The van der Waals surface area contributed by atoms with Gasteiger partial charge in [-0.1, -0.05) is 84.1 Å². The lowest BCUT2D eigenvalue weighted by molar-refractivity contribution is -0.121. The molecule has 1 aromatic heterocycles. The van der Waals surface area contributed by atoms with Gasteiger partial charge in [-0.3, -0.25) is 9.36 Å². The van der Waals surface area contributed by atoms with E-state index in [0.717, 1.165) is 45.7 Å². The van der Waals surface area contributed by atoms with E-state index in [0.29, 0.717) is 13.0 Å². The van der Waals surface area contributed by atoms with Crippen molar-refractivity contribution in [2.24, 2.45) is 0 Å². The van der Waals surface area contributed by atoms with E-state index in [2.05, 4.69) is 46.7 Å². The first kappa shape index (κ1) is 23.6. The number of aromatic nitrogens is 3. The average Bonchev–Trinajstić information content (AvgIpc) is 3.30. The summed E-state index contributed by atoms with van der Waals surface area (Å²) in [5.41, 5.74) is 4.15. The molecule has 0 atom stereocenters. The standard InChI is InChI=1S/C27H28N4O2S/c1-20-14-16-22(17-15-20)26-29-30-27(31(26)23-11-6-7-12-24(23)33-2)34-18-8-13-25(32)28-19-21-9-4-3-5-10-21/h3-7,9-12,14-17H,8,13,18-19H2,1-2H3,(H,28,32). The van der Waals surface area contributed by atoms with E-state index in [1.54, 1.807) is 18.9 Å². The molecule has 4 rings (SSSR count). The molecule has 0 spiro atoms. The lowest BCUT2D eigenvalue weighted by Gasteiger charge is -2.14. The number of methoxy groups -OCH3 is 1. The molecule has 6 nitrogen and oxygen atoms in total. The summed E-state index contributed by atoms with van der Waals surface area (Å²) in [4.78, 5) is 12.2. The van der Waals surface area contributed by atoms with Crippen LogP contribution in [0.15, 0.2) is 84.0 Å². The molecule has 1 heterocycles. The number of carbonyl (C=O) groups is 1. The molecular weight excluding hydrogens is 444 g/mol. The highest BCUT2D eigenvalue weighted by molar-refractivity contribution is 7.99. The zero-order valence-electron chi connectivity index (χ0n) is 19.4. The van der Waals surface area contributed by atoms with Gasteiger partial charge in [-0.05, 0) is 31.0 Å². The largest absolute Gasteiger partial charge is 0.495 e. The third kappa shape index (κ3) is 5.85. The lowest BCUT2D eigenvalue weighted by Crippen LogP contribution is -2.22. The molecule has 0 aliphatic heterocycles. The van der Waals surface area contributed by atoms with Crippen molar-refractivity contribution in [3.63, 3.8) is 0 Å². The second-order valence-corrected chi connectivity index (χ2v) is 8.96. The van der Waals surface area contributed by atoms with Crippen molar-refractivity contribution in [1.82, 2.24) is 20.1 Å². The number of ether oxygens (including phenoxy) is 1. The van der Waals surface area contributed by atoms with Crippen LogP contribution in [0.2, 0.25) is 0 Å². The molecule has 3 aromatic carbocycles. The summed E-state index contributed by atoms with van der Waals surface area (Å²) in [6, 6.07) is 26.0. The van der Waals surface area contributed by atoms with E-state index in [1.807, 2.05) is 59.2 Å². The van der Waals surface area contributed by atoms with Gasteiger partial charge in [0.15, 0.2) is 11.0 Å². The van der Waals surface area contributed by atoms with E-state index in [1.165, 1.54) is 5.56 Å². The summed E-state index contributed by atoms with van der Waals surface area (Å²) in [6.07, 6.45) is 1.21. The summed E-state index contributed by atoms with van der Waals surface area (Å²) < 4.78 is 7.65. The van der Waals surface area contributed by atoms with E-state index in [-0.39, 0.29) is 5.91 Å². The molecule has 0 saturated heterocycles. The van der Waals surface area contributed by atoms with E-state index in [9.17, 15) is 4.79 Å². The maximum atomic E-state index is 12.2. The Labute approximate surface area is 204 Å². The molecule has 0 aliphatic carbocycles. The third-order valence-corrected chi connectivity index (χ3v) is 6.40. The SMILES string of the molecule is COc1ccccc1-n1c(SCCCC(=O)NCc2ccccc2)nnc1-c1ccc(C)cc1. The fourth-order valence-electron chi connectivity index (χ4n) is 3.57. The van der Waals surface area contributed by atoms with Crippen LogP contribution in [0, 0.1) is 6.92 Å². The minimum atomic E-state index is 0.0518. The van der Waals surface area contributed by atoms with Gasteiger partial charge in [0, 0.05) is 24.3 Å². The molecule has 1 N–H and O–H groups in total. The highest BCUT2D eigenvalue weighted by Crippen LogP contribution is 2.32. The quantitative estimate of drug-likeness (QED) is 0.246. The number of nitrogens with zero attached hydrogens (tertiary/aromatic N) is 3. The summed E-state index contributed by atoms with van der Waals surface area (Å²) in [7, 11) is 1.66. The number of nitrogens with one attached hydrogen (secondary N) is 1. The van der Waals surface area contributed by atoms with Crippen molar-refractivity contribution < 1.29 is 9.53 Å². The molecule has 34 heavy (non-hydrogen) atoms. The summed E-state index contributed by atoms with van der Waals surface area (Å²) in [6.45, 7) is 2.61. The first-order chi connectivity index (χ1) is 16.7. The molecular formula is C27H28N4O2S. The van der Waals surface area contributed by atoms with Crippen LogP contribution in [0.1, 0.15) is 24.0 Å². The Bertz CT molecular complexity index is 1220. The molecule has 0 fully saturated rings. The van der Waals surface area contributed by atoms with Crippen LogP contribution < -0.4 is 10.1 Å². The van der Waals surface area contributed by atoms with E-state index >= 15 is 0 Å². The van der Waals surface area contributed by atoms with Crippen LogP contribution in [0.4, 0.5) is 0 Å². The van der Waals surface area contributed by atoms with Gasteiger partial charge in [-0.15, -0.1) is 10.2 Å². The van der Waals surface area contributed by atoms with Gasteiger partial charge in [0.2, 0.25) is 5.91 Å². The van der Waals surface area contributed by atoms with Crippen LogP contribution in [0.5, 0.6) is 5.75 Å². The van der Waals surface area contributed by atoms with E-state index in [4.69, 9.17) is 4.74 Å². The van der Waals surface area contributed by atoms with Gasteiger partial charge >= 0.3 is 0 Å². The Morgan fingerprint density at radius 2 is 1.71 bits per heavy atom. The maximum Gasteiger partial charge on any atom is 0.220 e. The Morgan fingerprint density at radius 3 is 2.47 bits per heavy atom.